The van der Waals surface area contributed by atoms with E-state index in [9.17, 15) is 9.90 Å². The second kappa shape index (κ2) is 6.78. The first kappa shape index (κ1) is 18.5. The van der Waals surface area contributed by atoms with Gasteiger partial charge in [-0.25, -0.2) is 0 Å². The first-order valence-corrected chi connectivity index (χ1v) is 8.57. The number of carbonyl (C=O) groups is 1. The monoisotopic (exact) mass is 354 g/mol. The predicted molar refractivity (Wildman–Crippen MR) is 100.0 cm³/mol. The van der Waals surface area contributed by atoms with Crippen LogP contribution in [0.15, 0.2) is 42.5 Å². The van der Waals surface area contributed by atoms with Gasteiger partial charge in [0.15, 0.2) is 6.29 Å². The quantitative estimate of drug-likeness (QED) is 0.660. The fraction of sp³-hybridized carbons (Fsp3) is 0.350. The largest absolute Gasteiger partial charge is 0.507 e. The molecule has 1 saturated heterocycles. The number of carbonyl (C=O) groups excluding carboxylic acids is 1. The molecule has 0 saturated carbocycles. The molecule has 0 spiro atoms. The van der Waals surface area contributed by atoms with Crippen LogP contribution in [0.2, 0.25) is 0 Å². The van der Waals surface area contributed by atoms with E-state index in [2.05, 4.69) is 0 Å². The molecule has 1 heterocycles. The molecule has 136 valence electrons. The van der Waals surface area contributed by atoms with E-state index in [0.717, 1.165) is 11.0 Å². The zero-order valence-corrected chi connectivity index (χ0v) is 15.5. The summed E-state index contributed by atoms with van der Waals surface area (Å²) in [7, 11) is -0.420. The minimum Gasteiger partial charge on any atom is -0.507 e. The maximum atomic E-state index is 10.7. The SMILES string of the molecule is CC1(C)OB(c2cccc(COc3ccc(C=O)c(O)c3)c2)OC1(C)C. The molecule has 0 bridgehead atoms. The van der Waals surface area contributed by atoms with Crippen LogP contribution in [0.3, 0.4) is 0 Å². The summed E-state index contributed by atoms with van der Waals surface area (Å²) in [6.07, 6.45) is 0.604. The number of ether oxygens (including phenoxy) is 1. The number of aldehydes is 1. The van der Waals surface area contributed by atoms with Crippen molar-refractivity contribution in [2.75, 3.05) is 0 Å². The molecule has 2 aromatic rings. The number of aromatic hydroxyl groups is 1. The number of rotatable bonds is 5. The van der Waals surface area contributed by atoms with Crippen molar-refractivity contribution >= 4 is 18.9 Å². The average Bonchev–Trinajstić information content (AvgIpc) is 2.81. The van der Waals surface area contributed by atoms with Crippen molar-refractivity contribution in [2.24, 2.45) is 0 Å². The Bertz CT molecular complexity index is 800. The fourth-order valence-electron chi connectivity index (χ4n) is 2.69. The zero-order chi connectivity index (χ0) is 18.9. The van der Waals surface area contributed by atoms with Gasteiger partial charge in [0.25, 0.3) is 0 Å². The summed E-state index contributed by atoms with van der Waals surface area (Å²) in [5.74, 6) is 0.401. The summed E-state index contributed by atoms with van der Waals surface area (Å²) in [4.78, 5) is 10.7. The Morgan fingerprint density at radius 3 is 2.38 bits per heavy atom. The summed E-state index contributed by atoms with van der Waals surface area (Å²) in [6.45, 7) is 8.42. The van der Waals surface area contributed by atoms with Crippen LogP contribution in [-0.2, 0) is 15.9 Å². The predicted octanol–water partition coefficient (Wildman–Crippen LogP) is 3.08. The molecule has 2 aromatic carbocycles. The van der Waals surface area contributed by atoms with Gasteiger partial charge in [0, 0.05) is 6.07 Å². The van der Waals surface area contributed by atoms with E-state index in [4.69, 9.17) is 14.0 Å². The number of phenols is 1. The molecule has 0 amide bonds. The molecule has 3 rings (SSSR count). The van der Waals surface area contributed by atoms with Gasteiger partial charge in [-0.3, -0.25) is 4.79 Å². The molecule has 0 unspecified atom stereocenters. The van der Waals surface area contributed by atoms with E-state index in [1.807, 2.05) is 52.0 Å². The van der Waals surface area contributed by atoms with E-state index in [1.54, 1.807) is 6.07 Å². The first-order valence-electron chi connectivity index (χ1n) is 8.57. The molecule has 1 N–H and O–H groups in total. The lowest BCUT2D eigenvalue weighted by atomic mass is 9.78. The molecule has 6 heteroatoms. The third kappa shape index (κ3) is 3.62. The van der Waals surface area contributed by atoms with Gasteiger partial charge in [-0.2, -0.15) is 0 Å². The van der Waals surface area contributed by atoms with Gasteiger partial charge in [0.05, 0.1) is 16.8 Å². The molecule has 0 radical (unpaired) electrons. The molecule has 0 aliphatic carbocycles. The van der Waals surface area contributed by atoms with Crippen molar-refractivity contribution in [1.82, 2.24) is 0 Å². The van der Waals surface area contributed by atoms with Crippen molar-refractivity contribution in [2.45, 2.75) is 45.5 Å². The second-order valence-electron chi connectivity index (χ2n) is 7.46. The molecule has 0 aromatic heterocycles. The maximum Gasteiger partial charge on any atom is 0.494 e. The van der Waals surface area contributed by atoms with E-state index >= 15 is 0 Å². The maximum absolute atomic E-state index is 10.7. The summed E-state index contributed by atoms with van der Waals surface area (Å²) in [5, 5.41) is 9.73. The van der Waals surface area contributed by atoms with Gasteiger partial charge in [-0.1, -0.05) is 24.3 Å². The van der Waals surface area contributed by atoms with Crippen molar-refractivity contribution in [3.8, 4) is 11.5 Å². The molecule has 26 heavy (non-hydrogen) atoms. The number of phenolic OH excluding ortho intramolecular Hbond substituents is 1. The average molecular weight is 354 g/mol. The number of hydrogen-bond donors (Lipinski definition) is 1. The van der Waals surface area contributed by atoms with Crippen LogP contribution in [0.1, 0.15) is 43.6 Å². The molecule has 1 fully saturated rings. The van der Waals surface area contributed by atoms with Crippen molar-refractivity contribution < 1.29 is 23.9 Å². The lowest BCUT2D eigenvalue weighted by Gasteiger charge is -2.32. The van der Waals surface area contributed by atoms with Gasteiger partial charge in [0.2, 0.25) is 0 Å². The standard InChI is InChI=1S/C20H23BO5/c1-19(2)20(3,4)26-21(25-19)16-7-5-6-14(10-16)13-24-17-9-8-15(12-22)18(23)11-17/h5-12,23H,13H2,1-4H3. The third-order valence-corrected chi connectivity index (χ3v) is 5.01. The zero-order valence-electron chi connectivity index (χ0n) is 15.5. The van der Waals surface area contributed by atoms with Crippen LogP contribution in [0.25, 0.3) is 0 Å². The van der Waals surface area contributed by atoms with E-state index in [0.29, 0.717) is 18.6 Å². The van der Waals surface area contributed by atoms with Crippen LogP contribution in [0, 0.1) is 0 Å². The summed E-state index contributed by atoms with van der Waals surface area (Å²) in [5.41, 5.74) is 1.35. The Labute approximate surface area is 154 Å². The molecule has 1 aliphatic heterocycles. The van der Waals surface area contributed by atoms with E-state index in [-0.39, 0.29) is 22.5 Å². The van der Waals surface area contributed by atoms with E-state index < -0.39 is 7.12 Å². The third-order valence-electron chi connectivity index (χ3n) is 5.01. The minimum atomic E-state index is -0.420. The summed E-state index contributed by atoms with van der Waals surface area (Å²) < 4.78 is 17.9. The van der Waals surface area contributed by atoms with Crippen LogP contribution in [0.4, 0.5) is 0 Å². The minimum absolute atomic E-state index is 0.0940. The summed E-state index contributed by atoms with van der Waals surface area (Å²) >= 11 is 0. The smallest absolute Gasteiger partial charge is 0.494 e. The van der Waals surface area contributed by atoms with Gasteiger partial charge in [0.1, 0.15) is 18.1 Å². The van der Waals surface area contributed by atoms with Crippen molar-refractivity contribution in [1.29, 1.82) is 0 Å². The Kier molecular flexibility index (Phi) is 4.82. The molecule has 1 aliphatic rings. The molecule has 0 atom stereocenters. The van der Waals surface area contributed by atoms with Crippen LogP contribution >= 0.6 is 0 Å². The number of benzene rings is 2. The van der Waals surface area contributed by atoms with Gasteiger partial charge < -0.3 is 19.2 Å². The Morgan fingerprint density at radius 1 is 1.08 bits per heavy atom. The van der Waals surface area contributed by atoms with Crippen molar-refractivity contribution in [3.63, 3.8) is 0 Å². The summed E-state index contributed by atoms with van der Waals surface area (Å²) in [6, 6.07) is 12.5. The highest BCUT2D eigenvalue weighted by molar-refractivity contribution is 6.62. The molecule has 5 nitrogen and oxygen atoms in total. The number of hydrogen-bond acceptors (Lipinski definition) is 5. The Balaban J connectivity index is 1.70. The van der Waals surface area contributed by atoms with Crippen LogP contribution in [-0.4, -0.2) is 29.7 Å². The second-order valence-corrected chi connectivity index (χ2v) is 7.46. The fourth-order valence-corrected chi connectivity index (χ4v) is 2.69. The lowest BCUT2D eigenvalue weighted by Crippen LogP contribution is -2.41. The first-order chi connectivity index (χ1) is 12.2. The lowest BCUT2D eigenvalue weighted by molar-refractivity contribution is 0.00578. The molecular formula is C20H23BO5. The van der Waals surface area contributed by atoms with Gasteiger partial charge in [-0.15, -0.1) is 0 Å². The van der Waals surface area contributed by atoms with Gasteiger partial charge in [-0.05, 0) is 50.9 Å². The Morgan fingerprint density at radius 2 is 1.77 bits per heavy atom. The van der Waals surface area contributed by atoms with Crippen LogP contribution < -0.4 is 10.2 Å². The van der Waals surface area contributed by atoms with E-state index in [1.165, 1.54) is 12.1 Å². The molecular weight excluding hydrogens is 331 g/mol. The highest BCUT2D eigenvalue weighted by Crippen LogP contribution is 2.36. The normalized spacial score (nSPS) is 17.9. The van der Waals surface area contributed by atoms with Gasteiger partial charge >= 0.3 is 7.12 Å². The highest BCUT2D eigenvalue weighted by atomic mass is 16.7. The topological polar surface area (TPSA) is 65.0 Å². The highest BCUT2D eigenvalue weighted by Gasteiger charge is 2.51. The van der Waals surface area contributed by atoms with Crippen LogP contribution in [0.5, 0.6) is 11.5 Å². The van der Waals surface area contributed by atoms with Crippen molar-refractivity contribution in [3.05, 3.63) is 53.6 Å². The Hall–Kier alpha value is -2.31.